The Morgan fingerprint density at radius 2 is 2.33 bits per heavy atom. The van der Waals surface area contributed by atoms with Crippen LogP contribution in [0.4, 0.5) is 5.82 Å². The summed E-state index contributed by atoms with van der Waals surface area (Å²) < 4.78 is 0. The minimum atomic E-state index is 1.05. The molecule has 62 valence electrons. The Hall–Kier alpha value is -1.31. The first-order chi connectivity index (χ1) is 5.79. The van der Waals surface area contributed by atoms with Gasteiger partial charge in [-0.05, 0) is 24.5 Å². The summed E-state index contributed by atoms with van der Waals surface area (Å²) in [6, 6.07) is 4.12. The lowest BCUT2D eigenvalue weighted by molar-refractivity contribution is 0.825. The molecule has 0 radical (unpaired) electrons. The number of hydrogen-bond donors (Lipinski definition) is 0. The first-order valence-electron chi connectivity index (χ1n) is 4.14. The van der Waals surface area contributed by atoms with Crippen LogP contribution >= 0.6 is 0 Å². The third kappa shape index (κ3) is 0.998. The van der Waals surface area contributed by atoms with Gasteiger partial charge in [0, 0.05) is 18.9 Å². The molecule has 1 aliphatic heterocycles. The van der Waals surface area contributed by atoms with Crippen LogP contribution in [0.15, 0.2) is 30.6 Å². The molecule has 12 heavy (non-hydrogen) atoms. The summed E-state index contributed by atoms with van der Waals surface area (Å²) in [4.78, 5) is 6.38. The summed E-state index contributed by atoms with van der Waals surface area (Å²) in [5.41, 5.74) is 2.48. The first kappa shape index (κ1) is 7.35. The van der Waals surface area contributed by atoms with Crippen LogP contribution in [0.3, 0.4) is 0 Å². The Kier molecular flexibility index (Phi) is 1.61. The normalized spacial score (nSPS) is 16.1. The van der Waals surface area contributed by atoms with E-state index in [-0.39, 0.29) is 0 Å². The molecule has 0 fully saturated rings. The van der Waals surface area contributed by atoms with Gasteiger partial charge in [0.25, 0.3) is 0 Å². The van der Waals surface area contributed by atoms with Crippen LogP contribution in [0.2, 0.25) is 0 Å². The zero-order valence-electron chi connectivity index (χ0n) is 7.25. The largest absolute Gasteiger partial charge is 0.334 e. The molecular formula is C10H12N2. The van der Waals surface area contributed by atoms with Crippen molar-refractivity contribution in [3.05, 3.63) is 36.2 Å². The minimum Gasteiger partial charge on any atom is -0.334 e. The molecule has 1 aromatic rings. The summed E-state index contributed by atoms with van der Waals surface area (Å²) in [6.45, 7) is 3.98. The molecule has 0 saturated carbocycles. The van der Waals surface area contributed by atoms with Crippen molar-refractivity contribution in [2.24, 2.45) is 0 Å². The van der Waals surface area contributed by atoms with Gasteiger partial charge in [-0.25, -0.2) is 4.98 Å². The summed E-state index contributed by atoms with van der Waals surface area (Å²) in [5.74, 6) is 1.06. The van der Waals surface area contributed by atoms with Crippen LogP contribution < -0.4 is 4.90 Å². The topological polar surface area (TPSA) is 16.1 Å². The zero-order valence-corrected chi connectivity index (χ0v) is 7.25. The Labute approximate surface area is 72.5 Å². The molecule has 1 aliphatic rings. The lowest BCUT2D eigenvalue weighted by Gasteiger charge is -2.27. The molecule has 2 rings (SSSR count). The molecule has 0 aromatic carbocycles. The summed E-state index contributed by atoms with van der Waals surface area (Å²) >= 11 is 0. The smallest absolute Gasteiger partial charge is 0.135 e. The van der Waals surface area contributed by atoms with Crippen molar-refractivity contribution >= 4 is 5.82 Å². The Balaban J connectivity index is 2.48. The van der Waals surface area contributed by atoms with E-state index in [1.807, 2.05) is 19.3 Å². The van der Waals surface area contributed by atoms with Gasteiger partial charge in [-0.1, -0.05) is 12.6 Å². The van der Waals surface area contributed by atoms with Gasteiger partial charge in [-0.15, -0.1) is 0 Å². The molecule has 0 atom stereocenters. The van der Waals surface area contributed by atoms with Gasteiger partial charge in [0.2, 0.25) is 0 Å². The average Bonchev–Trinajstić information content (AvgIpc) is 2.12. The number of allylic oxidation sites excluding steroid dienone is 1. The monoisotopic (exact) mass is 160 g/mol. The van der Waals surface area contributed by atoms with Crippen molar-refractivity contribution in [1.82, 2.24) is 4.98 Å². The quantitative estimate of drug-likeness (QED) is 0.577. The molecule has 2 nitrogen and oxygen atoms in total. The molecule has 0 unspecified atom stereocenters. The van der Waals surface area contributed by atoms with Crippen LogP contribution in [0.25, 0.3) is 0 Å². The number of rotatable bonds is 0. The number of fused-ring (bicyclic) bond motifs is 1. The van der Waals surface area contributed by atoms with E-state index >= 15 is 0 Å². The second kappa shape index (κ2) is 2.63. The van der Waals surface area contributed by atoms with Crippen LogP contribution in [-0.2, 0) is 6.42 Å². The highest BCUT2D eigenvalue weighted by Gasteiger charge is 2.16. The third-order valence-corrected chi connectivity index (χ3v) is 2.34. The van der Waals surface area contributed by atoms with Crippen molar-refractivity contribution in [3.63, 3.8) is 0 Å². The maximum atomic E-state index is 4.32. The van der Waals surface area contributed by atoms with Crippen molar-refractivity contribution in [1.29, 1.82) is 0 Å². The number of pyridine rings is 1. The van der Waals surface area contributed by atoms with E-state index in [9.17, 15) is 0 Å². The number of anilines is 1. The van der Waals surface area contributed by atoms with Crippen molar-refractivity contribution in [2.75, 3.05) is 11.9 Å². The number of nitrogens with zero attached hydrogens (tertiary/aromatic N) is 2. The van der Waals surface area contributed by atoms with Crippen molar-refractivity contribution in [3.8, 4) is 0 Å². The molecule has 0 bridgehead atoms. The van der Waals surface area contributed by atoms with E-state index in [2.05, 4.69) is 22.5 Å². The standard InChI is InChI=1S/C10H12N2/c1-8-5-6-9-4-3-7-11-10(9)12(8)2/h3-4,7H,1,5-6H2,2H3. The molecule has 0 saturated heterocycles. The minimum absolute atomic E-state index is 1.05. The summed E-state index contributed by atoms with van der Waals surface area (Å²) in [6.07, 6.45) is 3.95. The van der Waals surface area contributed by atoms with E-state index in [0.717, 1.165) is 24.4 Å². The molecule has 1 aromatic heterocycles. The predicted octanol–water partition coefficient (Wildman–Crippen LogP) is 1.98. The fraction of sp³-hybridized carbons (Fsp3) is 0.300. The van der Waals surface area contributed by atoms with Crippen molar-refractivity contribution < 1.29 is 0 Å². The lowest BCUT2D eigenvalue weighted by atomic mass is 10.0. The number of aryl methyl sites for hydroxylation is 1. The lowest BCUT2D eigenvalue weighted by Crippen LogP contribution is -2.22. The van der Waals surface area contributed by atoms with Gasteiger partial charge >= 0.3 is 0 Å². The van der Waals surface area contributed by atoms with Crippen LogP contribution in [0.1, 0.15) is 12.0 Å². The molecule has 0 aliphatic carbocycles. The predicted molar refractivity (Wildman–Crippen MR) is 50.1 cm³/mol. The SMILES string of the molecule is C=C1CCc2cccnc2N1C. The van der Waals surface area contributed by atoms with Gasteiger partial charge in [0.1, 0.15) is 5.82 Å². The fourth-order valence-electron chi connectivity index (χ4n) is 1.52. The highest BCUT2D eigenvalue weighted by Crippen LogP contribution is 2.27. The number of aromatic nitrogens is 1. The molecular weight excluding hydrogens is 148 g/mol. The first-order valence-corrected chi connectivity index (χ1v) is 4.14. The molecule has 2 heteroatoms. The zero-order chi connectivity index (χ0) is 8.55. The van der Waals surface area contributed by atoms with Gasteiger partial charge < -0.3 is 4.90 Å². The summed E-state index contributed by atoms with van der Waals surface area (Å²) in [5, 5.41) is 0. The summed E-state index contributed by atoms with van der Waals surface area (Å²) in [7, 11) is 2.02. The highest BCUT2D eigenvalue weighted by molar-refractivity contribution is 5.53. The molecule has 0 N–H and O–H groups in total. The maximum Gasteiger partial charge on any atom is 0.135 e. The second-order valence-electron chi connectivity index (χ2n) is 3.11. The van der Waals surface area contributed by atoms with E-state index < -0.39 is 0 Å². The highest BCUT2D eigenvalue weighted by atomic mass is 15.2. The fourth-order valence-corrected chi connectivity index (χ4v) is 1.52. The number of hydrogen-bond acceptors (Lipinski definition) is 2. The van der Waals surface area contributed by atoms with E-state index in [0.29, 0.717) is 0 Å². The molecule has 0 amide bonds. The van der Waals surface area contributed by atoms with Crippen LogP contribution in [-0.4, -0.2) is 12.0 Å². The van der Waals surface area contributed by atoms with Crippen LogP contribution in [0.5, 0.6) is 0 Å². The Morgan fingerprint density at radius 1 is 1.50 bits per heavy atom. The van der Waals surface area contributed by atoms with E-state index in [4.69, 9.17) is 0 Å². The average molecular weight is 160 g/mol. The van der Waals surface area contributed by atoms with Gasteiger partial charge in [0.05, 0.1) is 0 Å². The second-order valence-corrected chi connectivity index (χ2v) is 3.11. The van der Waals surface area contributed by atoms with Crippen LogP contribution in [0, 0.1) is 0 Å². The van der Waals surface area contributed by atoms with Gasteiger partial charge in [-0.2, -0.15) is 0 Å². The Bertz CT molecular complexity index is 317. The maximum absolute atomic E-state index is 4.32. The van der Waals surface area contributed by atoms with Gasteiger partial charge in [-0.3, -0.25) is 0 Å². The Morgan fingerprint density at radius 3 is 3.17 bits per heavy atom. The third-order valence-electron chi connectivity index (χ3n) is 2.34. The molecule has 0 spiro atoms. The van der Waals surface area contributed by atoms with E-state index in [1.165, 1.54) is 5.56 Å². The van der Waals surface area contributed by atoms with E-state index in [1.54, 1.807) is 0 Å². The van der Waals surface area contributed by atoms with Gasteiger partial charge in [0.15, 0.2) is 0 Å². The molecule has 2 heterocycles. The van der Waals surface area contributed by atoms with Crippen molar-refractivity contribution in [2.45, 2.75) is 12.8 Å².